The van der Waals surface area contributed by atoms with E-state index in [0.717, 1.165) is 6.20 Å². The number of aromatic nitrogens is 1. The molecule has 0 aliphatic heterocycles. The molecular formula is C11H15FN2O2. The van der Waals surface area contributed by atoms with E-state index in [4.69, 9.17) is 5.11 Å². The van der Waals surface area contributed by atoms with Gasteiger partial charge in [-0.2, -0.15) is 0 Å². The summed E-state index contributed by atoms with van der Waals surface area (Å²) >= 11 is 0. The average Bonchev–Trinajstić information content (AvgIpc) is 2.27. The highest BCUT2D eigenvalue weighted by atomic mass is 19.1. The Morgan fingerprint density at radius 3 is 2.75 bits per heavy atom. The van der Waals surface area contributed by atoms with Crippen LogP contribution in [-0.2, 0) is 0 Å². The Morgan fingerprint density at radius 2 is 2.25 bits per heavy atom. The van der Waals surface area contributed by atoms with E-state index < -0.39 is 5.82 Å². The van der Waals surface area contributed by atoms with E-state index in [-0.39, 0.29) is 23.6 Å². The lowest BCUT2D eigenvalue weighted by molar-refractivity contribution is 0.0906. The van der Waals surface area contributed by atoms with Gasteiger partial charge in [0.25, 0.3) is 5.91 Å². The molecule has 2 N–H and O–H groups in total. The molecule has 1 aromatic rings. The van der Waals surface area contributed by atoms with Gasteiger partial charge in [0.15, 0.2) is 0 Å². The Labute approximate surface area is 93.5 Å². The van der Waals surface area contributed by atoms with Crippen molar-refractivity contribution in [3.63, 3.8) is 0 Å². The van der Waals surface area contributed by atoms with Crippen molar-refractivity contribution in [2.24, 2.45) is 5.41 Å². The van der Waals surface area contributed by atoms with Gasteiger partial charge in [-0.1, -0.05) is 13.8 Å². The van der Waals surface area contributed by atoms with Crippen molar-refractivity contribution in [3.05, 3.63) is 29.8 Å². The van der Waals surface area contributed by atoms with Crippen LogP contribution >= 0.6 is 0 Å². The van der Waals surface area contributed by atoms with E-state index in [1.807, 2.05) is 13.8 Å². The number of hydrogen-bond donors (Lipinski definition) is 2. The summed E-state index contributed by atoms with van der Waals surface area (Å²) in [6.45, 7) is 3.96. The van der Waals surface area contributed by atoms with Gasteiger partial charge in [-0.05, 0) is 12.1 Å². The third kappa shape index (κ3) is 3.58. The van der Waals surface area contributed by atoms with E-state index in [2.05, 4.69) is 10.3 Å². The second-order valence-corrected chi connectivity index (χ2v) is 4.37. The predicted molar refractivity (Wildman–Crippen MR) is 57.4 cm³/mol. The lowest BCUT2D eigenvalue weighted by atomic mass is 9.95. The molecule has 1 rings (SSSR count). The summed E-state index contributed by atoms with van der Waals surface area (Å²) in [5, 5.41) is 11.6. The van der Waals surface area contributed by atoms with Crippen LogP contribution < -0.4 is 5.32 Å². The van der Waals surface area contributed by atoms with Crippen LogP contribution in [0, 0.1) is 11.2 Å². The molecule has 1 aromatic heterocycles. The fourth-order valence-corrected chi connectivity index (χ4v) is 0.976. The predicted octanol–water partition coefficient (Wildman–Crippen LogP) is 0.969. The SMILES string of the molecule is CC(C)(CO)CNC(=O)c1ccc(F)cn1. The molecule has 0 aliphatic carbocycles. The smallest absolute Gasteiger partial charge is 0.269 e. The summed E-state index contributed by atoms with van der Waals surface area (Å²) < 4.78 is 12.6. The zero-order valence-electron chi connectivity index (χ0n) is 9.33. The molecule has 0 radical (unpaired) electrons. The van der Waals surface area contributed by atoms with Gasteiger partial charge in [0.05, 0.1) is 6.20 Å². The van der Waals surface area contributed by atoms with Gasteiger partial charge in [0, 0.05) is 18.6 Å². The second kappa shape index (κ2) is 5.03. The third-order valence-electron chi connectivity index (χ3n) is 2.12. The maximum atomic E-state index is 12.6. The fraction of sp³-hybridized carbons (Fsp3) is 0.455. The first-order chi connectivity index (χ1) is 7.44. The monoisotopic (exact) mass is 226 g/mol. The van der Waals surface area contributed by atoms with Crippen molar-refractivity contribution in [1.29, 1.82) is 0 Å². The number of nitrogens with one attached hydrogen (secondary N) is 1. The molecule has 0 bridgehead atoms. The first-order valence-corrected chi connectivity index (χ1v) is 4.95. The molecule has 0 atom stereocenters. The Morgan fingerprint density at radius 1 is 1.56 bits per heavy atom. The molecule has 1 heterocycles. The van der Waals surface area contributed by atoms with Gasteiger partial charge >= 0.3 is 0 Å². The van der Waals surface area contributed by atoms with Crippen molar-refractivity contribution in [1.82, 2.24) is 10.3 Å². The van der Waals surface area contributed by atoms with Crippen molar-refractivity contribution in [3.8, 4) is 0 Å². The van der Waals surface area contributed by atoms with Crippen molar-refractivity contribution in [2.75, 3.05) is 13.2 Å². The van der Waals surface area contributed by atoms with Crippen LogP contribution in [-0.4, -0.2) is 29.1 Å². The lowest BCUT2D eigenvalue weighted by Crippen LogP contribution is -2.36. The van der Waals surface area contributed by atoms with Crippen LogP contribution in [0.4, 0.5) is 4.39 Å². The van der Waals surface area contributed by atoms with Gasteiger partial charge in [-0.25, -0.2) is 9.37 Å². The fourth-order valence-electron chi connectivity index (χ4n) is 0.976. The highest BCUT2D eigenvalue weighted by Gasteiger charge is 2.18. The number of nitrogens with zero attached hydrogens (tertiary/aromatic N) is 1. The molecule has 0 fully saturated rings. The third-order valence-corrected chi connectivity index (χ3v) is 2.12. The largest absolute Gasteiger partial charge is 0.396 e. The maximum absolute atomic E-state index is 12.6. The van der Waals surface area contributed by atoms with E-state index in [1.54, 1.807) is 0 Å². The molecule has 0 spiro atoms. The maximum Gasteiger partial charge on any atom is 0.269 e. The number of aliphatic hydroxyl groups excluding tert-OH is 1. The normalized spacial score (nSPS) is 11.2. The van der Waals surface area contributed by atoms with Crippen LogP contribution in [0.3, 0.4) is 0 Å². The first-order valence-electron chi connectivity index (χ1n) is 4.95. The van der Waals surface area contributed by atoms with E-state index in [9.17, 15) is 9.18 Å². The number of carbonyl (C=O) groups excluding carboxylic acids is 1. The molecule has 4 nitrogen and oxygen atoms in total. The number of aliphatic hydroxyl groups is 1. The average molecular weight is 226 g/mol. The van der Waals surface area contributed by atoms with Crippen molar-refractivity contribution < 1.29 is 14.3 Å². The van der Waals surface area contributed by atoms with Gasteiger partial charge in [-0.15, -0.1) is 0 Å². The zero-order valence-corrected chi connectivity index (χ0v) is 9.33. The number of amides is 1. The first kappa shape index (κ1) is 12.6. The molecule has 0 saturated carbocycles. The Balaban J connectivity index is 2.56. The van der Waals surface area contributed by atoms with E-state index >= 15 is 0 Å². The number of halogens is 1. The molecular weight excluding hydrogens is 211 g/mol. The summed E-state index contributed by atoms with van der Waals surface area (Å²) in [7, 11) is 0. The number of hydrogen-bond acceptors (Lipinski definition) is 3. The minimum atomic E-state index is -0.479. The van der Waals surface area contributed by atoms with E-state index in [1.165, 1.54) is 12.1 Å². The van der Waals surface area contributed by atoms with Crippen LogP contribution in [0.15, 0.2) is 18.3 Å². The molecule has 1 amide bonds. The minimum absolute atomic E-state index is 0.0237. The molecule has 0 saturated heterocycles. The summed E-state index contributed by atoms with van der Waals surface area (Å²) in [4.78, 5) is 15.2. The van der Waals surface area contributed by atoms with Gasteiger partial charge in [-0.3, -0.25) is 4.79 Å². The van der Waals surface area contributed by atoms with Crippen molar-refractivity contribution >= 4 is 5.91 Å². The van der Waals surface area contributed by atoms with Crippen molar-refractivity contribution in [2.45, 2.75) is 13.8 Å². The topological polar surface area (TPSA) is 62.2 Å². The number of rotatable bonds is 4. The van der Waals surface area contributed by atoms with Crippen LogP contribution in [0.1, 0.15) is 24.3 Å². The Bertz CT molecular complexity index is 363. The Kier molecular flexibility index (Phi) is 3.95. The molecule has 0 aromatic carbocycles. The molecule has 88 valence electrons. The summed E-state index contributed by atoms with van der Waals surface area (Å²) in [5.41, 5.74) is -0.217. The van der Waals surface area contributed by atoms with Crippen LogP contribution in [0.5, 0.6) is 0 Å². The van der Waals surface area contributed by atoms with Gasteiger partial charge in [0.1, 0.15) is 11.5 Å². The highest BCUT2D eigenvalue weighted by Crippen LogP contribution is 2.11. The van der Waals surface area contributed by atoms with Gasteiger partial charge in [0.2, 0.25) is 0 Å². The van der Waals surface area contributed by atoms with Crippen LogP contribution in [0.2, 0.25) is 0 Å². The lowest BCUT2D eigenvalue weighted by Gasteiger charge is -2.21. The van der Waals surface area contributed by atoms with Crippen LogP contribution in [0.25, 0.3) is 0 Å². The standard InChI is InChI=1S/C11H15FN2O2/c1-11(2,7-15)6-14-10(16)9-4-3-8(12)5-13-9/h3-5,15H,6-7H2,1-2H3,(H,14,16). The second-order valence-electron chi connectivity index (χ2n) is 4.37. The summed E-state index contributed by atoms with van der Waals surface area (Å²) in [5.74, 6) is -0.853. The summed E-state index contributed by atoms with van der Waals surface area (Å²) in [6, 6.07) is 2.50. The summed E-state index contributed by atoms with van der Waals surface area (Å²) in [6.07, 6.45) is 0.992. The quantitative estimate of drug-likeness (QED) is 0.804. The zero-order chi connectivity index (χ0) is 12.2. The Hall–Kier alpha value is -1.49. The molecule has 0 unspecified atom stereocenters. The minimum Gasteiger partial charge on any atom is -0.396 e. The number of pyridine rings is 1. The molecule has 5 heteroatoms. The molecule has 0 aliphatic rings. The highest BCUT2D eigenvalue weighted by molar-refractivity contribution is 5.92. The van der Waals surface area contributed by atoms with E-state index in [0.29, 0.717) is 6.54 Å². The molecule has 16 heavy (non-hydrogen) atoms. The number of carbonyl (C=O) groups is 1. The van der Waals surface area contributed by atoms with Gasteiger partial charge < -0.3 is 10.4 Å².